The van der Waals surface area contributed by atoms with Crippen LogP contribution in [0.5, 0.6) is 0 Å². The summed E-state index contributed by atoms with van der Waals surface area (Å²) in [5, 5.41) is 9.16. The van der Waals surface area contributed by atoms with Gasteiger partial charge in [-0.2, -0.15) is 0 Å². The molecular formula is C9H19NaO5S. The molecule has 2 unspecified atom stereocenters. The topological polar surface area (TPSA) is 86.7 Å². The predicted molar refractivity (Wildman–Crippen MR) is 55.4 cm³/mol. The molecule has 16 heavy (non-hydrogen) atoms. The molecule has 2 atom stereocenters. The summed E-state index contributed by atoms with van der Waals surface area (Å²) in [5.41, 5.74) is 0. The standard InChI is InChI=1S/C9H20O5S.Na/c1-7(2)4-8(3)14-5-9(10)6-15(11,12)13;/h7-10H,4-6H2,1-3H3,(H,11,12,13);/q;+1/p-1. The van der Waals surface area contributed by atoms with E-state index >= 15 is 0 Å². The van der Waals surface area contributed by atoms with Crippen molar-refractivity contribution in [3.8, 4) is 0 Å². The van der Waals surface area contributed by atoms with Gasteiger partial charge in [-0.25, -0.2) is 8.42 Å². The van der Waals surface area contributed by atoms with Crippen molar-refractivity contribution in [2.45, 2.75) is 39.4 Å². The van der Waals surface area contributed by atoms with Gasteiger partial charge in [-0.3, -0.25) is 0 Å². The van der Waals surface area contributed by atoms with Crippen molar-refractivity contribution in [3.63, 3.8) is 0 Å². The van der Waals surface area contributed by atoms with E-state index in [1.54, 1.807) is 0 Å². The van der Waals surface area contributed by atoms with Crippen LogP contribution < -0.4 is 29.6 Å². The average molecular weight is 262 g/mol. The minimum Gasteiger partial charge on any atom is -0.748 e. The van der Waals surface area contributed by atoms with Crippen molar-refractivity contribution in [2.24, 2.45) is 5.92 Å². The smallest absolute Gasteiger partial charge is 0.748 e. The maximum Gasteiger partial charge on any atom is 1.00 e. The second kappa shape index (κ2) is 8.85. The SMILES string of the molecule is CC(C)CC(C)OCC(O)CS(=O)(=O)[O-].[Na+]. The molecule has 0 aliphatic carbocycles. The number of aliphatic hydroxyl groups excluding tert-OH is 1. The first-order chi connectivity index (χ1) is 6.70. The predicted octanol–water partition coefficient (Wildman–Crippen LogP) is -2.65. The third-order valence-corrected chi connectivity index (χ3v) is 2.57. The van der Waals surface area contributed by atoms with E-state index in [-0.39, 0.29) is 42.3 Å². The molecular weight excluding hydrogens is 243 g/mol. The van der Waals surface area contributed by atoms with E-state index < -0.39 is 22.0 Å². The van der Waals surface area contributed by atoms with Gasteiger partial charge in [-0.15, -0.1) is 0 Å². The average Bonchev–Trinajstić information content (AvgIpc) is 1.96. The Kier molecular flexibility index (Phi) is 10.6. The Morgan fingerprint density at radius 1 is 1.31 bits per heavy atom. The maximum atomic E-state index is 10.3. The summed E-state index contributed by atoms with van der Waals surface area (Å²) >= 11 is 0. The van der Waals surface area contributed by atoms with Crippen LogP contribution in [0.1, 0.15) is 27.2 Å². The van der Waals surface area contributed by atoms with Crippen LogP contribution in [-0.2, 0) is 14.9 Å². The first kappa shape index (κ1) is 19.2. The van der Waals surface area contributed by atoms with Crippen LogP contribution in [0.4, 0.5) is 0 Å². The molecule has 0 aromatic rings. The summed E-state index contributed by atoms with van der Waals surface area (Å²) in [6.45, 7) is 5.81. The Bertz CT molecular complexity index is 265. The van der Waals surface area contributed by atoms with Crippen molar-refractivity contribution < 1.29 is 52.4 Å². The van der Waals surface area contributed by atoms with Gasteiger partial charge in [0.1, 0.15) is 0 Å². The third-order valence-electron chi connectivity index (χ3n) is 1.77. The molecule has 1 N–H and O–H groups in total. The summed E-state index contributed by atoms with van der Waals surface area (Å²) in [7, 11) is -4.37. The van der Waals surface area contributed by atoms with E-state index in [2.05, 4.69) is 0 Å². The van der Waals surface area contributed by atoms with Gasteiger partial charge in [0.2, 0.25) is 0 Å². The maximum absolute atomic E-state index is 10.3. The Labute approximate surface area is 120 Å². The molecule has 0 aromatic carbocycles. The minimum atomic E-state index is -4.37. The van der Waals surface area contributed by atoms with Gasteiger partial charge in [0.25, 0.3) is 0 Å². The van der Waals surface area contributed by atoms with Crippen molar-refractivity contribution in [3.05, 3.63) is 0 Å². The van der Waals surface area contributed by atoms with E-state index in [1.807, 2.05) is 20.8 Å². The van der Waals surface area contributed by atoms with E-state index in [0.717, 1.165) is 6.42 Å². The van der Waals surface area contributed by atoms with Crippen molar-refractivity contribution >= 4 is 10.1 Å². The molecule has 0 rings (SSSR count). The zero-order valence-electron chi connectivity index (χ0n) is 10.3. The third kappa shape index (κ3) is 12.9. The van der Waals surface area contributed by atoms with Crippen LogP contribution in [0, 0.1) is 5.92 Å². The number of rotatable bonds is 7. The van der Waals surface area contributed by atoms with Crippen molar-refractivity contribution in [1.29, 1.82) is 0 Å². The van der Waals surface area contributed by atoms with Crippen LogP contribution in [0.25, 0.3) is 0 Å². The van der Waals surface area contributed by atoms with Gasteiger partial charge in [-0.1, -0.05) is 13.8 Å². The summed E-state index contributed by atoms with van der Waals surface area (Å²) in [5.74, 6) is -0.318. The van der Waals surface area contributed by atoms with Crippen LogP contribution in [-0.4, -0.2) is 42.6 Å². The van der Waals surface area contributed by atoms with Crippen molar-refractivity contribution in [1.82, 2.24) is 0 Å². The second-order valence-corrected chi connectivity index (χ2v) is 5.60. The van der Waals surface area contributed by atoms with Gasteiger partial charge >= 0.3 is 29.6 Å². The van der Waals surface area contributed by atoms with E-state index in [4.69, 9.17) is 9.84 Å². The van der Waals surface area contributed by atoms with E-state index in [1.165, 1.54) is 0 Å². The summed E-state index contributed by atoms with van der Waals surface area (Å²) in [6, 6.07) is 0. The number of aliphatic hydroxyl groups is 1. The van der Waals surface area contributed by atoms with Gasteiger partial charge < -0.3 is 14.4 Å². The Morgan fingerprint density at radius 3 is 2.19 bits per heavy atom. The molecule has 0 amide bonds. The van der Waals surface area contributed by atoms with Gasteiger partial charge in [0, 0.05) is 0 Å². The normalized spacial score (nSPS) is 15.6. The fourth-order valence-electron chi connectivity index (χ4n) is 1.29. The van der Waals surface area contributed by atoms with Gasteiger partial charge in [-0.05, 0) is 19.3 Å². The minimum absolute atomic E-state index is 0. The monoisotopic (exact) mass is 262 g/mol. The first-order valence-electron chi connectivity index (χ1n) is 4.94. The van der Waals surface area contributed by atoms with Crippen LogP contribution >= 0.6 is 0 Å². The van der Waals surface area contributed by atoms with Gasteiger partial charge in [0.05, 0.1) is 34.7 Å². The van der Waals surface area contributed by atoms with Crippen LogP contribution in [0.15, 0.2) is 0 Å². The molecule has 0 saturated heterocycles. The molecule has 0 radical (unpaired) electrons. The van der Waals surface area contributed by atoms with E-state index in [0.29, 0.717) is 5.92 Å². The molecule has 0 saturated carbocycles. The molecule has 0 fully saturated rings. The molecule has 0 bridgehead atoms. The largest absolute Gasteiger partial charge is 1.00 e. The molecule has 0 aliphatic rings. The Balaban J connectivity index is 0. The fourth-order valence-corrected chi connectivity index (χ4v) is 1.86. The number of hydrogen-bond acceptors (Lipinski definition) is 5. The quantitative estimate of drug-likeness (QED) is 0.400. The molecule has 92 valence electrons. The Morgan fingerprint density at radius 2 is 1.81 bits per heavy atom. The van der Waals surface area contributed by atoms with Crippen LogP contribution in [0.3, 0.4) is 0 Å². The zero-order chi connectivity index (χ0) is 12.1. The summed E-state index contributed by atoms with van der Waals surface area (Å²) in [6.07, 6.45) is -0.451. The molecule has 5 nitrogen and oxygen atoms in total. The molecule has 0 heterocycles. The van der Waals surface area contributed by atoms with Crippen LogP contribution in [0.2, 0.25) is 0 Å². The molecule has 0 aromatic heterocycles. The Hall–Kier alpha value is 0.830. The van der Waals surface area contributed by atoms with E-state index in [9.17, 15) is 13.0 Å². The fraction of sp³-hybridized carbons (Fsp3) is 1.00. The zero-order valence-corrected chi connectivity index (χ0v) is 13.2. The van der Waals surface area contributed by atoms with Crippen molar-refractivity contribution in [2.75, 3.05) is 12.4 Å². The second-order valence-electron chi connectivity index (χ2n) is 4.15. The number of ether oxygens (including phenoxy) is 1. The molecule has 7 heteroatoms. The summed E-state index contributed by atoms with van der Waals surface area (Å²) < 4.78 is 36.1. The summed E-state index contributed by atoms with van der Waals surface area (Å²) in [4.78, 5) is 0. The number of hydrogen-bond donors (Lipinski definition) is 1. The van der Waals surface area contributed by atoms with Gasteiger partial charge in [0.15, 0.2) is 0 Å². The first-order valence-corrected chi connectivity index (χ1v) is 6.51. The molecule has 0 spiro atoms. The molecule has 0 aliphatic heterocycles.